The highest BCUT2D eigenvalue weighted by molar-refractivity contribution is 5.95. The average Bonchev–Trinajstić information content (AvgIpc) is 2.65. The highest BCUT2D eigenvalue weighted by Gasteiger charge is 2.28. The van der Waals surface area contributed by atoms with Gasteiger partial charge in [0, 0.05) is 18.7 Å². The third-order valence-corrected chi connectivity index (χ3v) is 4.11. The molecule has 1 aliphatic rings. The van der Waals surface area contributed by atoms with Gasteiger partial charge in [-0.1, -0.05) is 0 Å². The van der Waals surface area contributed by atoms with Crippen LogP contribution in [0.4, 0.5) is 0 Å². The van der Waals surface area contributed by atoms with Crippen molar-refractivity contribution in [3.8, 4) is 0 Å². The molecule has 0 aromatic heterocycles. The Morgan fingerprint density at radius 1 is 1.08 bits per heavy atom. The molecule has 0 atom stereocenters. The number of hydrogen-bond donors (Lipinski definition) is 1. The van der Waals surface area contributed by atoms with E-state index < -0.39 is 11.9 Å². The van der Waals surface area contributed by atoms with E-state index >= 15 is 0 Å². The molecule has 2 amide bonds. The number of benzene rings is 1. The van der Waals surface area contributed by atoms with Gasteiger partial charge in [0.05, 0.1) is 18.6 Å². The molecule has 1 aromatic carbocycles. The summed E-state index contributed by atoms with van der Waals surface area (Å²) in [4.78, 5) is 48.0. The summed E-state index contributed by atoms with van der Waals surface area (Å²) in [6.07, 6.45) is 1.06. The smallest absolute Gasteiger partial charge is 0.338 e. The molecule has 0 spiro atoms. The summed E-state index contributed by atoms with van der Waals surface area (Å²) in [5, 5.41) is 0. The second-order valence-corrected chi connectivity index (χ2v) is 5.70. The van der Waals surface area contributed by atoms with E-state index in [4.69, 9.17) is 15.2 Å². The van der Waals surface area contributed by atoms with Gasteiger partial charge in [-0.25, -0.2) is 4.79 Å². The SMILES string of the molecule is COC(=O)C1CCN(C(=O)COC(=O)c2ccc(C(N)=O)cc2)CC1. The van der Waals surface area contributed by atoms with E-state index in [9.17, 15) is 19.2 Å². The van der Waals surface area contributed by atoms with Gasteiger partial charge in [0.2, 0.25) is 5.91 Å². The molecule has 8 nitrogen and oxygen atoms in total. The Hall–Kier alpha value is -2.90. The van der Waals surface area contributed by atoms with Crippen molar-refractivity contribution in [3.63, 3.8) is 0 Å². The normalized spacial score (nSPS) is 14.7. The summed E-state index contributed by atoms with van der Waals surface area (Å²) < 4.78 is 9.70. The monoisotopic (exact) mass is 348 g/mol. The Labute approximate surface area is 144 Å². The summed E-state index contributed by atoms with van der Waals surface area (Å²) in [5.41, 5.74) is 5.63. The molecule has 1 fully saturated rings. The molecule has 1 saturated heterocycles. The zero-order valence-electron chi connectivity index (χ0n) is 13.9. The number of methoxy groups -OCH3 is 1. The highest BCUT2D eigenvalue weighted by atomic mass is 16.5. The number of amides is 2. The second-order valence-electron chi connectivity index (χ2n) is 5.70. The van der Waals surface area contributed by atoms with Crippen molar-refractivity contribution in [1.82, 2.24) is 4.90 Å². The minimum atomic E-state index is -0.659. The first-order chi connectivity index (χ1) is 11.9. The molecule has 134 valence electrons. The van der Waals surface area contributed by atoms with Crippen molar-refractivity contribution in [1.29, 1.82) is 0 Å². The number of nitrogens with zero attached hydrogens (tertiary/aromatic N) is 1. The molecule has 1 heterocycles. The Kier molecular flexibility index (Phi) is 6.10. The highest BCUT2D eigenvalue weighted by Crippen LogP contribution is 2.18. The van der Waals surface area contributed by atoms with Crippen molar-refractivity contribution < 1.29 is 28.7 Å². The topological polar surface area (TPSA) is 116 Å². The lowest BCUT2D eigenvalue weighted by Crippen LogP contribution is -2.42. The third-order valence-electron chi connectivity index (χ3n) is 4.11. The average molecular weight is 348 g/mol. The van der Waals surface area contributed by atoms with Crippen LogP contribution in [0.2, 0.25) is 0 Å². The van der Waals surface area contributed by atoms with Gasteiger partial charge in [-0.2, -0.15) is 0 Å². The molecule has 0 bridgehead atoms. The quantitative estimate of drug-likeness (QED) is 0.768. The molecule has 0 saturated carbocycles. The van der Waals surface area contributed by atoms with Crippen LogP contribution in [-0.2, 0) is 19.1 Å². The van der Waals surface area contributed by atoms with E-state index in [0.29, 0.717) is 25.9 Å². The van der Waals surface area contributed by atoms with Crippen LogP contribution >= 0.6 is 0 Å². The van der Waals surface area contributed by atoms with Crippen LogP contribution < -0.4 is 5.73 Å². The fraction of sp³-hybridized carbons (Fsp3) is 0.412. The van der Waals surface area contributed by atoms with Crippen molar-refractivity contribution in [2.75, 3.05) is 26.8 Å². The van der Waals surface area contributed by atoms with Crippen molar-refractivity contribution >= 4 is 23.8 Å². The first-order valence-corrected chi connectivity index (χ1v) is 7.85. The molecule has 1 aliphatic heterocycles. The van der Waals surface area contributed by atoms with Crippen LogP contribution in [0.25, 0.3) is 0 Å². The lowest BCUT2D eigenvalue weighted by molar-refractivity contribution is -0.149. The van der Waals surface area contributed by atoms with Crippen LogP contribution in [0.15, 0.2) is 24.3 Å². The van der Waals surface area contributed by atoms with Crippen LogP contribution in [-0.4, -0.2) is 55.5 Å². The Morgan fingerprint density at radius 3 is 2.16 bits per heavy atom. The molecule has 25 heavy (non-hydrogen) atoms. The van der Waals surface area contributed by atoms with E-state index in [-0.39, 0.29) is 35.5 Å². The predicted octanol–water partition coefficient (Wildman–Crippen LogP) is 0.354. The molecule has 1 aromatic rings. The van der Waals surface area contributed by atoms with E-state index in [0.717, 1.165) is 0 Å². The van der Waals surface area contributed by atoms with Gasteiger partial charge in [0.15, 0.2) is 6.61 Å². The number of esters is 2. The van der Waals surface area contributed by atoms with Gasteiger partial charge in [-0.05, 0) is 37.1 Å². The van der Waals surface area contributed by atoms with Crippen LogP contribution in [0, 0.1) is 5.92 Å². The van der Waals surface area contributed by atoms with E-state index in [1.165, 1.54) is 31.4 Å². The van der Waals surface area contributed by atoms with Gasteiger partial charge >= 0.3 is 11.9 Å². The number of carbonyl (C=O) groups excluding carboxylic acids is 4. The molecule has 8 heteroatoms. The summed E-state index contributed by atoms with van der Waals surface area (Å²) >= 11 is 0. The molecule has 0 aliphatic carbocycles. The number of nitrogens with two attached hydrogens (primary N) is 1. The van der Waals surface area contributed by atoms with Gasteiger partial charge in [-0.3, -0.25) is 14.4 Å². The van der Waals surface area contributed by atoms with Crippen LogP contribution in [0.5, 0.6) is 0 Å². The fourth-order valence-electron chi connectivity index (χ4n) is 2.60. The maximum absolute atomic E-state index is 12.1. The minimum Gasteiger partial charge on any atom is -0.469 e. The molecular weight excluding hydrogens is 328 g/mol. The van der Waals surface area contributed by atoms with Gasteiger partial charge in [0.25, 0.3) is 5.91 Å². The number of rotatable bonds is 5. The molecule has 2 N–H and O–H groups in total. The Morgan fingerprint density at radius 2 is 1.64 bits per heavy atom. The first kappa shape index (κ1) is 18.4. The Balaban J connectivity index is 1.81. The number of piperidine rings is 1. The molecule has 2 rings (SSSR count). The second kappa shape index (κ2) is 8.27. The van der Waals surface area contributed by atoms with Crippen molar-refractivity contribution in [2.24, 2.45) is 11.7 Å². The fourth-order valence-corrected chi connectivity index (χ4v) is 2.60. The van der Waals surface area contributed by atoms with Gasteiger partial charge < -0.3 is 20.1 Å². The summed E-state index contributed by atoms with van der Waals surface area (Å²) in [6.45, 7) is 0.464. The van der Waals surface area contributed by atoms with Gasteiger partial charge in [0.1, 0.15) is 0 Å². The first-order valence-electron chi connectivity index (χ1n) is 7.85. The lowest BCUT2D eigenvalue weighted by atomic mass is 9.97. The zero-order valence-corrected chi connectivity index (χ0v) is 13.9. The van der Waals surface area contributed by atoms with Crippen molar-refractivity contribution in [3.05, 3.63) is 35.4 Å². The van der Waals surface area contributed by atoms with Crippen LogP contribution in [0.1, 0.15) is 33.6 Å². The number of likely N-dealkylation sites (tertiary alicyclic amines) is 1. The Bertz CT molecular complexity index is 662. The minimum absolute atomic E-state index is 0.194. The van der Waals surface area contributed by atoms with Crippen LogP contribution in [0.3, 0.4) is 0 Å². The standard InChI is InChI=1S/C17H20N2O6/c1-24-16(22)13-6-8-19(9-7-13)14(20)10-25-17(23)12-4-2-11(3-5-12)15(18)21/h2-5,13H,6-10H2,1H3,(H2,18,21). The van der Waals surface area contributed by atoms with E-state index in [2.05, 4.69) is 0 Å². The third kappa shape index (κ3) is 4.79. The predicted molar refractivity (Wildman–Crippen MR) is 86.6 cm³/mol. The zero-order chi connectivity index (χ0) is 18.4. The van der Waals surface area contributed by atoms with Crippen molar-refractivity contribution in [2.45, 2.75) is 12.8 Å². The number of carbonyl (C=O) groups is 4. The molecule has 0 radical (unpaired) electrons. The molecular formula is C17H20N2O6. The number of primary amides is 1. The lowest BCUT2D eigenvalue weighted by Gasteiger charge is -2.30. The summed E-state index contributed by atoms with van der Waals surface area (Å²) in [7, 11) is 1.34. The largest absolute Gasteiger partial charge is 0.469 e. The van der Waals surface area contributed by atoms with E-state index in [1.54, 1.807) is 4.90 Å². The van der Waals surface area contributed by atoms with Gasteiger partial charge in [-0.15, -0.1) is 0 Å². The number of hydrogen-bond acceptors (Lipinski definition) is 6. The summed E-state index contributed by atoms with van der Waals surface area (Å²) in [5.74, 6) is -2.03. The maximum Gasteiger partial charge on any atom is 0.338 e. The summed E-state index contributed by atoms with van der Waals surface area (Å²) in [6, 6.07) is 5.65. The number of ether oxygens (including phenoxy) is 2. The van der Waals surface area contributed by atoms with E-state index in [1.807, 2.05) is 0 Å². The maximum atomic E-state index is 12.1. The molecule has 0 unspecified atom stereocenters.